The van der Waals surface area contributed by atoms with E-state index in [2.05, 4.69) is 11.7 Å². The van der Waals surface area contributed by atoms with Crippen molar-refractivity contribution in [2.75, 3.05) is 6.54 Å². The van der Waals surface area contributed by atoms with E-state index in [1.54, 1.807) is 0 Å². The molecule has 0 bridgehead atoms. The normalized spacial score (nSPS) is 21.8. The Bertz CT molecular complexity index is 752. The van der Waals surface area contributed by atoms with Crippen LogP contribution in [0.2, 0.25) is 0 Å². The third-order valence-corrected chi connectivity index (χ3v) is 5.79. The second-order valence-corrected chi connectivity index (χ2v) is 8.25. The van der Waals surface area contributed by atoms with Crippen molar-refractivity contribution in [1.82, 2.24) is 4.90 Å². The second kappa shape index (κ2) is 7.58. The number of carbonyl (C=O) groups is 2. The van der Waals surface area contributed by atoms with Gasteiger partial charge in [0.25, 0.3) is 11.1 Å². The van der Waals surface area contributed by atoms with E-state index in [-0.39, 0.29) is 27.2 Å². The van der Waals surface area contributed by atoms with Gasteiger partial charge in [-0.05, 0) is 53.8 Å². The van der Waals surface area contributed by atoms with Crippen LogP contribution in [0.1, 0.15) is 44.6 Å². The molecular formula is C19H20F3NO3S. The number of hydrogen-bond donors (Lipinski definition) is 0. The van der Waals surface area contributed by atoms with E-state index in [9.17, 15) is 22.8 Å². The van der Waals surface area contributed by atoms with Crippen molar-refractivity contribution in [3.8, 4) is 5.75 Å². The largest absolute Gasteiger partial charge is 0.573 e. The summed E-state index contributed by atoms with van der Waals surface area (Å²) in [4.78, 5) is 26.5. The number of benzene rings is 1. The van der Waals surface area contributed by atoms with Crippen LogP contribution in [0.5, 0.6) is 5.75 Å². The molecule has 1 aliphatic carbocycles. The zero-order valence-corrected chi connectivity index (χ0v) is 15.7. The Labute approximate surface area is 159 Å². The molecule has 1 aromatic carbocycles. The second-order valence-electron chi connectivity index (χ2n) is 7.26. The molecule has 27 heavy (non-hydrogen) atoms. The highest BCUT2D eigenvalue weighted by atomic mass is 32.2. The van der Waals surface area contributed by atoms with Gasteiger partial charge in [-0.15, -0.1) is 13.2 Å². The van der Waals surface area contributed by atoms with E-state index in [4.69, 9.17) is 0 Å². The van der Waals surface area contributed by atoms with Gasteiger partial charge in [-0.3, -0.25) is 14.5 Å². The molecule has 1 heterocycles. The van der Waals surface area contributed by atoms with Gasteiger partial charge in [0.2, 0.25) is 0 Å². The molecule has 0 N–H and O–H groups in total. The molecule has 0 radical (unpaired) electrons. The zero-order valence-electron chi connectivity index (χ0n) is 14.8. The maximum absolute atomic E-state index is 12.6. The third-order valence-electron chi connectivity index (χ3n) is 4.89. The number of amides is 2. The third kappa shape index (κ3) is 5.06. The number of rotatable bonds is 4. The molecule has 4 nitrogen and oxygen atoms in total. The summed E-state index contributed by atoms with van der Waals surface area (Å²) >= 11 is 0.865. The summed E-state index contributed by atoms with van der Waals surface area (Å²) in [5.74, 6) is -0.676. The maximum Gasteiger partial charge on any atom is 0.573 e. The minimum atomic E-state index is -4.75. The van der Waals surface area contributed by atoms with Crippen LogP contribution in [0.25, 0.3) is 6.08 Å². The van der Waals surface area contributed by atoms with Crippen molar-refractivity contribution < 1.29 is 27.5 Å². The first-order valence-electron chi connectivity index (χ1n) is 8.76. The number of imide groups is 1. The molecule has 2 fully saturated rings. The molecule has 1 saturated carbocycles. The Morgan fingerprint density at radius 3 is 2.37 bits per heavy atom. The number of alkyl halides is 3. The summed E-state index contributed by atoms with van der Waals surface area (Å²) in [5, 5.41) is -0.296. The van der Waals surface area contributed by atoms with Gasteiger partial charge in [0.1, 0.15) is 5.75 Å². The molecule has 2 amide bonds. The van der Waals surface area contributed by atoms with Gasteiger partial charge in [0, 0.05) is 6.54 Å². The fourth-order valence-electron chi connectivity index (χ4n) is 3.50. The molecule has 0 aromatic heterocycles. The highest BCUT2D eigenvalue weighted by Crippen LogP contribution is 2.40. The Morgan fingerprint density at radius 2 is 1.78 bits per heavy atom. The Morgan fingerprint density at radius 1 is 1.15 bits per heavy atom. The van der Waals surface area contributed by atoms with Gasteiger partial charge in [-0.25, -0.2) is 0 Å². The molecule has 0 unspecified atom stereocenters. The van der Waals surface area contributed by atoms with Gasteiger partial charge in [0.05, 0.1) is 4.91 Å². The molecule has 3 rings (SSSR count). The average molecular weight is 399 g/mol. The topological polar surface area (TPSA) is 46.6 Å². The van der Waals surface area contributed by atoms with Crippen molar-refractivity contribution >= 4 is 29.0 Å². The molecule has 1 aliphatic heterocycles. The predicted molar refractivity (Wildman–Crippen MR) is 97.0 cm³/mol. The lowest BCUT2D eigenvalue weighted by Crippen LogP contribution is -2.39. The fourth-order valence-corrected chi connectivity index (χ4v) is 4.34. The van der Waals surface area contributed by atoms with Crippen molar-refractivity contribution in [2.45, 2.75) is 45.4 Å². The quantitative estimate of drug-likeness (QED) is 0.619. The van der Waals surface area contributed by atoms with E-state index >= 15 is 0 Å². The van der Waals surface area contributed by atoms with E-state index < -0.39 is 6.36 Å². The van der Waals surface area contributed by atoms with Crippen LogP contribution in [0, 0.1) is 5.41 Å². The van der Waals surface area contributed by atoms with Crippen molar-refractivity contribution in [3.63, 3.8) is 0 Å². The molecule has 0 atom stereocenters. The van der Waals surface area contributed by atoms with Crippen LogP contribution in [-0.2, 0) is 4.79 Å². The first-order valence-corrected chi connectivity index (χ1v) is 9.58. The van der Waals surface area contributed by atoms with Gasteiger partial charge >= 0.3 is 6.36 Å². The van der Waals surface area contributed by atoms with E-state index in [0.717, 1.165) is 37.4 Å². The number of halogens is 3. The molecule has 1 aromatic rings. The lowest BCUT2D eigenvalue weighted by molar-refractivity contribution is -0.274. The fraction of sp³-hybridized carbons (Fsp3) is 0.474. The van der Waals surface area contributed by atoms with E-state index in [0.29, 0.717) is 12.1 Å². The minimum Gasteiger partial charge on any atom is -0.406 e. The van der Waals surface area contributed by atoms with Crippen molar-refractivity contribution in [2.24, 2.45) is 5.41 Å². The van der Waals surface area contributed by atoms with Gasteiger partial charge in [0.15, 0.2) is 0 Å². The lowest BCUT2D eigenvalue weighted by atomic mass is 9.75. The number of ether oxygens (including phenoxy) is 1. The average Bonchev–Trinajstić information content (AvgIpc) is 2.83. The monoisotopic (exact) mass is 399 g/mol. The van der Waals surface area contributed by atoms with Gasteiger partial charge < -0.3 is 4.74 Å². The highest BCUT2D eigenvalue weighted by Gasteiger charge is 2.40. The van der Waals surface area contributed by atoms with Crippen molar-refractivity contribution in [1.29, 1.82) is 0 Å². The molecular weight excluding hydrogens is 379 g/mol. The summed E-state index contributed by atoms with van der Waals surface area (Å²) in [6.45, 7) is 2.52. The standard InChI is InChI=1S/C19H20F3NO3S/c1-18(9-3-2-4-10-18)12-23-16(24)15(27-17(23)25)11-13-5-7-14(8-6-13)26-19(20,21)22/h5-8,11H,2-4,9-10,12H2,1H3/b15-11-. The highest BCUT2D eigenvalue weighted by molar-refractivity contribution is 8.18. The van der Waals surface area contributed by atoms with Crippen LogP contribution < -0.4 is 4.74 Å². The molecule has 1 saturated heterocycles. The van der Waals surface area contributed by atoms with E-state index in [1.807, 2.05) is 0 Å². The summed E-state index contributed by atoms with van der Waals surface area (Å²) in [6.07, 6.45) is 2.16. The smallest absolute Gasteiger partial charge is 0.406 e. The first-order chi connectivity index (χ1) is 12.7. The molecule has 0 spiro atoms. The van der Waals surface area contributed by atoms with Gasteiger partial charge in [-0.2, -0.15) is 0 Å². The number of carbonyl (C=O) groups excluding carboxylic acids is 2. The summed E-state index contributed by atoms with van der Waals surface area (Å²) in [5.41, 5.74) is 0.481. The van der Waals surface area contributed by atoms with Crippen LogP contribution >= 0.6 is 11.8 Å². The minimum absolute atomic E-state index is 0.0455. The molecule has 2 aliphatic rings. The maximum atomic E-state index is 12.6. The first kappa shape index (κ1) is 19.8. The summed E-state index contributed by atoms with van der Waals surface area (Å²) < 4.78 is 40.4. The molecule has 8 heteroatoms. The van der Waals surface area contributed by atoms with Crippen molar-refractivity contribution in [3.05, 3.63) is 34.7 Å². The number of thioether (sulfide) groups is 1. The summed E-state index contributed by atoms with van der Waals surface area (Å²) in [7, 11) is 0. The number of hydrogen-bond acceptors (Lipinski definition) is 4. The lowest BCUT2D eigenvalue weighted by Gasteiger charge is -2.35. The SMILES string of the molecule is CC1(CN2C(=O)S/C(=C\c3ccc(OC(F)(F)F)cc3)C2=O)CCCCC1. The Hall–Kier alpha value is -1.96. The Kier molecular flexibility index (Phi) is 5.55. The summed E-state index contributed by atoms with van der Waals surface area (Å²) in [6, 6.07) is 5.17. The van der Waals surface area contributed by atoms with Gasteiger partial charge in [-0.1, -0.05) is 38.3 Å². The Balaban J connectivity index is 1.70. The van der Waals surface area contributed by atoms with E-state index in [1.165, 1.54) is 41.7 Å². The van der Waals surface area contributed by atoms with Crippen LogP contribution in [0.3, 0.4) is 0 Å². The van der Waals surface area contributed by atoms with Crippen LogP contribution in [0.15, 0.2) is 29.2 Å². The predicted octanol–water partition coefficient (Wildman–Crippen LogP) is 5.59. The number of nitrogens with zero attached hydrogens (tertiary/aromatic N) is 1. The zero-order chi connectivity index (χ0) is 19.7. The van der Waals surface area contributed by atoms with Crippen LogP contribution in [0.4, 0.5) is 18.0 Å². The molecule has 146 valence electrons. The van der Waals surface area contributed by atoms with Crippen LogP contribution in [-0.4, -0.2) is 29.0 Å².